The first-order valence-electron chi connectivity index (χ1n) is 9.22. The van der Waals surface area contributed by atoms with E-state index < -0.39 is 19.9 Å². The van der Waals surface area contributed by atoms with Gasteiger partial charge < -0.3 is 14.6 Å². The van der Waals surface area contributed by atoms with Gasteiger partial charge in [0.05, 0.1) is 19.6 Å². The molecule has 1 N–H and O–H groups in total. The van der Waals surface area contributed by atoms with Crippen LogP contribution in [-0.2, 0) is 9.53 Å². The quantitative estimate of drug-likeness (QED) is 0.426. The largest absolute Gasteiger partial charge is 0.497 e. The molecule has 144 valence electrons. The normalized spacial score (nSPS) is 22.9. The Morgan fingerprint density at radius 2 is 1.81 bits per heavy atom. The van der Waals surface area contributed by atoms with Crippen LogP contribution in [0.2, 0.25) is 25.7 Å². The number of rotatable bonds is 8. The summed E-state index contributed by atoms with van der Waals surface area (Å²) in [6.45, 7) is 6.97. The number of Topliss-reactive ketones (excluding diaryl/α,β-unsaturated/α-hetero) is 1. The van der Waals surface area contributed by atoms with Crippen LogP contribution in [0.3, 0.4) is 0 Å². The van der Waals surface area contributed by atoms with Gasteiger partial charge in [0.15, 0.2) is 5.78 Å². The van der Waals surface area contributed by atoms with Crippen LogP contribution in [0.4, 0.5) is 0 Å². The summed E-state index contributed by atoms with van der Waals surface area (Å²) in [5.41, 5.74) is 0.564. The van der Waals surface area contributed by atoms with E-state index in [0.717, 1.165) is 6.04 Å². The van der Waals surface area contributed by atoms with Crippen LogP contribution in [0.1, 0.15) is 23.2 Å². The second-order valence-corrected chi connectivity index (χ2v) is 13.8. The van der Waals surface area contributed by atoms with E-state index in [-0.39, 0.29) is 24.3 Å². The number of aliphatic hydroxyl groups is 1. The first-order valence-corrected chi connectivity index (χ1v) is 12.9. The fourth-order valence-corrected chi connectivity index (χ4v) is 4.17. The van der Waals surface area contributed by atoms with E-state index in [1.807, 2.05) is 0 Å². The van der Waals surface area contributed by atoms with Crippen molar-refractivity contribution in [2.45, 2.75) is 38.5 Å². The van der Waals surface area contributed by atoms with Crippen LogP contribution < -0.4 is 4.74 Å². The lowest BCUT2D eigenvalue weighted by atomic mass is 9.84. The number of methoxy groups -OCH3 is 1. The summed E-state index contributed by atoms with van der Waals surface area (Å²) in [5.74, 6) is -0.913. The second-order valence-electron chi connectivity index (χ2n) is 8.22. The zero-order chi connectivity index (χ0) is 19.3. The molecule has 1 aliphatic carbocycles. The van der Waals surface area contributed by atoms with Gasteiger partial charge in [-0.2, -0.15) is 0 Å². The maximum atomic E-state index is 12.9. The maximum Gasteiger partial charge on any atom is 0.310 e. The molecule has 1 saturated carbocycles. The average molecular weight is 379 g/mol. The third-order valence-corrected chi connectivity index (χ3v) is 6.81. The van der Waals surface area contributed by atoms with E-state index in [9.17, 15) is 14.7 Å². The Bertz CT molecular complexity index is 620. The minimum Gasteiger partial charge on any atom is -0.497 e. The fourth-order valence-electron chi connectivity index (χ4n) is 3.46. The number of ketones is 1. The first-order chi connectivity index (χ1) is 12.3. The minimum atomic E-state index is -1.29. The summed E-state index contributed by atoms with van der Waals surface area (Å²) in [4.78, 5) is 25.6. The number of aliphatic hydroxyl groups excluding tert-OH is 1. The first kappa shape index (κ1) is 20.6. The molecule has 1 aliphatic rings. The molecule has 1 aromatic rings. The molecular formula is C20H30O5Si. The Balaban J connectivity index is 2.10. The van der Waals surface area contributed by atoms with Gasteiger partial charge in [-0.3, -0.25) is 9.59 Å². The van der Waals surface area contributed by atoms with Crippen molar-refractivity contribution in [3.63, 3.8) is 0 Å². The predicted molar refractivity (Wildman–Crippen MR) is 103 cm³/mol. The van der Waals surface area contributed by atoms with Gasteiger partial charge in [0.2, 0.25) is 0 Å². The van der Waals surface area contributed by atoms with Crippen LogP contribution in [-0.4, -0.2) is 45.3 Å². The van der Waals surface area contributed by atoms with Crippen LogP contribution in [0.15, 0.2) is 24.3 Å². The van der Waals surface area contributed by atoms with Gasteiger partial charge in [0, 0.05) is 26.2 Å². The molecule has 26 heavy (non-hydrogen) atoms. The molecule has 0 spiro atoms. The maximum absolute atomic E-state index is 12.9. The highest BCUT2D eigenvalue weighted by Crippen LogP contribution is 2.40. The summed E-state index contributed by atoms with van der Waals surface area (Å²) >= 11 is 0. The van der Waals surface area contributed by atoms with Crippen molar-refractivity contribution in [3.8, 4) is 5.75 Å². The van der Waals surface area contributed by atoms with Crippen molar-refractivity contribution in [2.75, 3.05) is 20.3 Å². The Labute approximate surface area is 156 Å². The smallest absolute Gasteiger partial charge is 0.310 e. The van der Waals surface area contributed by atoms with Crippen LogP contribution >= 0.6 is 0 Å². The molecule has 2 rings (SSSR count). The highest BCUT2D eigenvalue weighted by Gasteiger charge is 2.45. The van der Waals surface area contributed by atoms with Crippen molar-refractivity contribution >= 4 is 19.8 Å². The highest BCUT2D eigenvalue weighted by molar-refractivity contribution is 6.76. The third kappa shape index (κ3) is 5.17. The Morgan fingerprint density at radius 1 is 1.15 bits per heavy atom. The van der Waals surface area contributed by atoms with Gasteiger partial charge in [-0.05, 0) is 49.1 Å². The molecule has 0 aliphatic heterocycles. The molecule has 0 saturated heterocycles. The number of carbonyl (C=O) groups is 2. The van der Waals surface area contributed by atoms with Crippen molar-refractivity contribution in [3.05, 3.63) is 29.8 Å². The number of ether oxygens (including phenoxy) is 2. The number of esters is 1. The Kier molecular flexibility index (Phi) is 7.00. The predicted octanol–water partition coefficient (Wildman–Crippen LogP) is 3.39. The molecule has 1 fully saturated rings. The molecule has 0 heterocycles. The van der Waals surface area contributed by atoms with Gasteiger partial charge in [-0.1, -0.05) is 19.6 Å². The number of hydrogen-bond acceptors (Lipinski definition) is 5. The zero-order valence-electron chi connectivity index (χ0n) is 16.2. The van der Waals surface area contributed by atoms with Gasteiger partial charge in [-0.25, -0.2) is 0 Å². The standard InChI is InChI=1S/C20H30O5Si/c1-24-16-8-5-14(6-9-16)19(22)17-10-7-15(13-21)18(17)20(23)25-11-12-26(2,3)4/h5-6,8-9,15,17-18,21H,7,10-13H2,1-4H3/t15-,17-,18-/m1/s1. The van der Waals surface area contributed by atoms with Gasteiger partial charge >= 0.3 is 5.97 Å². The SMILES string of the molecule is COc1ccc(C(=O)[C@@H]2CC[C@H](CO)[C@H]2C(=O)OCC[Si](C)(C)C)cc1. The molecule has 0 aromatic heterocycles. The molecule has 5 nitrogen and oxygen atoms in total. The lowest BCUT2D eigenvalue weighted by molar-refractivity contribution is -0.150. The van der Waals surface area contributed by atoms with E-state index >= 15 is 0 Å². The van der Waals surface area contributed by atoms with Crippen LogP contribution in [0.25, 0.3) is 0 Å². The molecule has 0 unspecified atom stereocenters. The van der Waals surface area contributed by atoms with Crippen LogP contribution in [0.5, 0.6) is 5.75 Å². The van der Waals surface area contributed by atoms with Gasteiger partial charge in [-0.15, -0.1) is 0 Å². The summed E-state index contributed by atoms with van der Waals surface area (Å²) in [6, 6.07) is 7.83. The van der Waals surface area contributed by atoms with Crippen LogP contribution in [0, 0.1) is 17.8 Å². The monoisotopic (exact) mass is 378 g/mol. The molecule has 3 atom stereocenters. The fraction of sp³-hybridized carbons (Fsp3) is 0.600. The van der Waals surface area contributed by atoms with Gasteiger partial charge in [0.25, 0.3) is 0 Å². The minimum absolute atomic E-state index is 0.0595. The lowest BCUT2D eigenvalue weighted by Gasteiger charge is -2.23. The molecular weight excluding hydrogens is 348 g/mol. The number of carbonyl (C=O) groups excluding carboxylic acids is 2. The zero-order valence-corrected chi connectivity index (χ0v) is 17.2. The lowest BCUT2D eigenvalue weighted by Crippen LogP contribution is -2.33. The molecule has 6 heteroatoms. The van der Waals surface area contributed by atoms with Gasteiger partial charge in [0.1, 0.15) is 5.75 Å². The van der Waals surface area contributed by atoms with E-state index in [1.54, 1.807) is 31.4 Å². The highest BCUT2D eigenvalue weighted by atomic mass is 28.3. The van der Waals surface area contributed by atoms with E-state index in [1.165, 1.54) is 0 Å². The second kappa shape index (κ2) is 8.82. The average Bonchev–Trinajstić information content (AvgIpc) is 3.04. The molecule has 0 amide bonds. The molecule has 0 bridgehead atoms. The van der Waals surface area contributed by atoms with Crippen molar-refractivity contribution in [2.24, 2.45) is 17.8 Å². The van der Waals surface area contributed by atoms with E-state index in [2.05, 4.69) is 19.6 Å². The van der Waals surface area contributed by atoms with Crippen molar-refractivity contribution < 1.29 is 24.2 Å². The van der Waals surface area contributed by atoms with E-state index in [4.69, 9.17) is 9.47 Å². The summed E-state index contributed by atoms with van der Waals surface area (Å²) in [7, 11) is 0.281. The summed E-state index contributed by atoms with van der Waals surface area (Å²) in [5, 5.41) is 9.65. The van der Waals surface area contributed by atoms with Crippen molar-refractivity contribution in [1.82, 2.24) is 0 Å². The third-order valence-electron chi connectivity index (χ3n) is 5.10. The summed E-state index contributed by atoms with van der Waals surface area (Å²) in [6.07, 6.45) is 1.26. The van der Waals surface area contributed by atoms with E-state index in [0.29, 0.717) is 30.8 Å². The topological polar surface area (TPSA) is 72.8 Å². The molecule has 1 aromatic carbocycles. The summed E-state index contributed by atoms with van der Waals surface area (Å²) < 4.78 is 10.6. The number of benzene rings is 1. The Hall–Kier alpha value is -1.66. The number of hydrogen-bond donors (Lipinski definition) is 1. The molecule has 0 radical (unpaired) electrons. The van der Waals surface area contributed by atoms with Crippen molar-refractivity contribution in [1.29, 1.82) is 0 Å². The Morgan fingerprint density at radius 3 is 2.35 bits per heavy atom.